The lowest BCUT2D eigenvalue weighted by atomic mass is 9.53. The van der Waals surface area contributed by atoms with Crippen LogP contribution in [-0.4, -0.2) is 42.6 Å². The molecule has 0 bridgehead atoms. The van der Waals surface area contributed by atoms with Gasteiger partial charge in [0.1, 0.15) is 6.10 Å². The molecule has 4 saturated heterocycles. The van der Waals surface area contributed by atoms with Crippen LogP contribution in [-0.2, 0) is 28.5 Å². The molecule has 5 unspecified atom stereocenters. The second-order valence-electron chi connectivity index (χ2n) is 10.5. The Labute approximate surface area is 152 Å². The molecule has 0 amide bonds. The van der Waals surface area contributed by atoms with Crippen molar-refractivity contribution in [3.63, 3.8) is 0 Å². The van der Waals surface area contributed by atoms with Crippen LogP contribution in [0.1, 0.15) is 47.0 Å². The summed E-state index contributed by atoms with van der Waals surface area (Å²) >= 11 is 0. The number of fused-ring (bicyclic) bond motifs is 1. The molecule has 0 radical (unpaired) electrons. The maximum atomic E-state index is 13.3. The van der Waals surface area contributed by atoms with Gasteiger partial charge in [-0.05, 0) is 30.1 Å². The highest BCUT2D eigenvalue weighted by Gasteiger charge is 2.95. The van der Waals surface area contributed by atoms with Gasteiger partial charge in [-0.25, -0.2) is 4.79 Å². The second kappa shape index (κ2) is 4.14. The van der Waals surface area contributed by atoms with Crippen molar-refractivity contribution in [3.05, 3.63) is 0 Å². The Kier molecular flexibility index (Phi) is 2.53. The lowest BCUT2D eigenvalue weighted by Crippen LogP contribution is -2.55. The third kappa shape index (κ3) is 1.27. The average Bonchev–Trinajstić information content (AvgIpc) is 3.25. The predicted molar refractivity (Wildman–Crippen MR) is 87.6 cm³/mol. The molecular weight excluding hydrogens is 336 g/mol. The lowest BCUT2D eigenvalue weighted by Gasteiger charge is -2.44. The summed E-state index contributed by atoms with van der Waals surface area (Å²) in [5, 5.41) is 0. The van der Waals surface area contributed by atoms with Crippen LogP contribution in [0.4, 0.5) is 0 Å². The quantitative estimate of drug-likeness (QED) is 0.614. The normalized spacial score (nSPS) is 59.1. The Morgan fingerprint density at radius 2 is 1.92 bits per heavy atom. The first-order chi connectivity index (χ1) is 12.2. The van der Waals surface area contributed by atoms with Crippen molar-refractivity contribution < 1.29 is 28.5 Å². The number of hydrogen-bond acceptors (Lipinski definition) is 6. The van der Waals surface area contributed by atoms with Crippen molar-refractivity contribution in [2.75, 3.05) is 6.61 Å². The Bertz CT molecular complexity index is 741. The molecule has 6 aliphatic rings. The van der Waals surface area contributed by atoms with E-state index in [9.17, 15) is 9.59 Å². The first-order valence-corrected chi connectivity index (χ1v) is 9.88. The van der Waals surface area contributed by atoms with Crippen LogP contribution in [0, 0.1) is 34.0 Å². The smallest absolute Gasteiger partial charge is 0.340 e. The van der Waals surface area contributed by atoms with E-state index in [1.54, 1.807) is 0 Å². The average molecular weight is 362 g/mol. The fourth-order valence-corrected chi connectivity index (χ4v) is 8.19. The van der Waals surface area contributed by atoms with E-state index >= 15 is 0 Å². The van der Waals surface area contributed by atoms with Gasteiger partial charge in [0.25, 0.3) is 0 Å². The first kappa shape index (κ1) is 15.9. The number of hydrogen-bond donors (Lipinski definition) is 0. The van der Waals surface area contributed by atoms with Crippen LogP contribution < -0.4 is 0 Å². The predicted octanol–water partition coefficient (Wildman–Crippen LogP) is 2.05. The van der Waals surface area contributed by atoms with Crippen molar-refractivity contribution in [1.82, 2.24) is 0 Å². The van der Waals surface area contributed by atoms with E-state index in [4.69, 9.17) is 18.9 Å². The van der Waals surface area contributed by atoms with Crippen LogP contribution in [0.15, 0.2) is 0 Å². The molecule has 6 rings (SSSR count). The minimum absolute atomic E-state index is 0.00703. The molecule has 0 N–H and O–H groups in total. The fourth-order valence-electron chi connectivity index (χ4n) is 8.19. The minimum atomic E-state index is -1.01. The van der Waals surface area contributed by atoms with Gasteiger partial charge >= 0.3 is 11.9 Å². The molecule has 0 aromatic rings. The first-order valence-electron chi connectivity index (χ1n) is 9.88. The van der Waals surface area contributed by atoms with Gasteiger partial charge in [0.15, 0.2) is 5.60 Å². The molecule has 0 aromatic carbocycles. The number of ether oxygens (including phenoxy) is 4. The SMILES string of the molecule is C[C@@H]1COC2CC34C5C[C@@H](C(C)(C)C)C36CC(=O)O[C@H]6OC4(C(=O)O5)[C@H]21. The van der Waals surface area contributed by atoms with E-state index < -0.39 is 22.7 Å². The van der Waals surface area contributed by atoms with Crippen LogP contribution >= 0.6 is 0 Å². The Morgan fingerprint density at radius 1 is 1.15 bits per heavy atom. The van der Waals surface area contributed by atoms with Crippen molar-refractivity contribution in [1.29, 1.82) is 0 Å². The summed E-state index contributed by atoms with van der Waals surface area (Å²) in [4.78, 5) is 25.7. The van der Waals surface area contributed by atoms with Gasteiger partial charge in [-0.15, -0.1) is 0 Å². The zero-order valence-electron chi connectivity index (χ0n) is 15.7. The van der Waals surface area contributed by atoms with Crippen molar-refractivity contribution in [2.24, 2.45) is 34.0 Å². The third-order valence-corrected chi connectivity index (χ3v) is 8.68. The highest BCUT2D eigenvalue weighted by Crippen LogP contribution is 2.83. The van der Waals surface area contributed by atoms with E-state index in [0.29, 0.717) is 13.0 Å². The molecule has 2 spiro atoms. The summed E-state index contributed by atoms with van der Waals surface area (Å²) in [6.45, 7) is 9.40. The van der Waals surface area contributed by atoms with E-state index in [1.807, 2.05) is 0 Å². The van der Waals surface area contributed by atoms with E-state index in [-0.39, 0.29) is 47.3 Å². The maximum absolute atomic E-state index is 13.3. The highest BCUT2D eigenvalue weighted by molar-refractivity contribution is 5.88. The summed E-state index contributed by atoms with van der Waals surface area (Å²) in [6.07, 6.45) is 1.00. The summed E-state index contributed by atoms with van der Waals surface area (Å²) in [7, 11) is 0. The summed E-state index contributed by atoms with van der Waals surface area (Å²) < 4.78 is 24.4. The Balaban J connectivity index is 1.63. The van der Waals surface area contributed by atoms with Gasteiger partial charge in [0.2, 0.25) is 6.29 Å². The minimum Gasteiger partial charge on any atom is -0.459 e. The van der Waals surface area contributed by atoms with Gasteiger partial charge < -0.3 is 18.9 Å². The molecule has 6 fully saturated rings. The van der Waals surface area contributed by atoms with Gasteiger partial charge in [-0.1, -0.05) is 27.7 Å². The highest BCUT2D eigenvalue weighted by atomic mass is 16.7. The van der Waals surface area contributed by atoms with Crippen LogP contribution in [0.2, 0.25) is 0 Å². The zero-order chi connectivity index (χ0) is 18.3. The number of carbonyl (C=O) groups is 2. The Hall–Kier alpha value is -1.14. The standard InChI is InChI=1S/C20H26O6/c1-9-8-23-10-6-19-12-5-11(17(2,3)4)18(19)7-13(21)25-16(18)26-20(19,14(9)10)15(22)24-12/h9-12,14,16H,5-8H2,1-4H3/t9-,10?,11+,12?,14+,16+,18?,19?,20?/m1/s1. The molecule has 26 heavy (non-hydrogen) atoms. The van der Waals surface area contributed by atoms with E-state index in [1.165, 1.54) is 0 Å². The molecule has 142 valence electrons. The van der Waals surface area contributed by atoms with Crippen LogP contribution in [0.25, 0.3) is 0 Å². The van der Waals surface area contributed by atoms with E-state index in [0.717, 1.165) is 12.8 Å². The largest absolute Gasteiger partial charge is 0.459 e. The Morgan fingerprint density at radius 3 is 2.65 bits per heavy atom. The summed E-state index contributed by atoms with van der Waals surface area (Å²) in [5.41, 5.74) is -2.05. The zero-order valence-corrected chi connectivity index (χ0v) is 15.7. The molecule has 2 aliphatic carbocycles. The molecule has 2 saturated carbocycles. The van der Waals surface area contributed by atoms with Gasteiger partial charge in [0, 0.05) is 12.5 Å². The monoisotopic (exact) mass is 362 g/mol. The third-order valence-electron chi connectivity index (χ3n) is 8.68. The molecular formula is C20H26O6. The van der Waals surface area contributed by atoms with E-state index in [2.05, 4.69) is 27.7 Å². The number of rotatable bonds is 0. The topological polar surface area (TPSA) is 71.1 Å². The fraction of sp³-hybridized carbons (Fsp3) is 0.900. The second-order valence-corrected chi connectivity index (χ2v) is 10.5. The molecule has 6 nitrogen and oxygen atoms in total. The maximum Gasteiger partial charge on any atom is 0.340 e. The van der Waals surface area contributed by atoms with Crippen LogP contribution in [0.5, 0.6) is 0 Å². The number of carbonyl (C=O) groups excluding carboxylic acids is 2. The van der Waals surface area contributed by atoms with Gasteiger partial charge in [-0.3, -0.25) is 4.79 Å². The molecule has 6 heteroatoms. The van der Waals surface area contributed by atoms with Gasteiger partial charge in [-0.2, -0.15) is 0 Å². The van der Waals surface area contributed by atoms with Crippen molar-refractivity contribution in [3.8, 4) is 0 Å². The number of esters is 2. The summed E-state index contributed by atoms with van der Waals surface area (Å²) in [6, 6.07) is 0. The van der Waals surface area contributed by atoms with Crippen LogP contribution in [0.3, 0.4) is 0 Å². The lowest BCUT2D eigenvalue weighted by molar-refractivity contribution is -0.206. The summed E-state index contributed by atoms with van der Waals surface area (Å²) in [5.74, 6) is -0.0471. The molecule has 9 atom stereocenters. The van der Waals surface area contributed by atoms with Gasteiger partial charge in [0.05, 0.1) is 23.4 Å². The van der Waals surface area contributed by atoms with Crippen molar-refractivity contribution >= 4 is 11.9 Å². The molecule has 0 aromatic heterocycles. The molecule has 4 heterocycles. The molecule has 4 aliphatic heterocycles. The van der Waals surface area contributed by atoms with Crippen molar-refractivity contribution in [2.45, 2.75) is 71.1 Å².